The Morgan fingerprint density at radius 2 is 1.69 bits per heavy atom. The minimum Gasteiger partial charge on any atom is -0.322 e. The van der Waals surface area contributed by atoms with E-state index in [0.29, 0.717) is 21.2 Å². The molecule has 0 fully saturated rings. The van der Waals surface area contributed by atoms with Gasteiger partial charge in [-0.25, -0.2) is 0 Å². The predicted molar refractivity (Wildman–Crippen MR) is 108 cm³/mol. The molecule has 6 heteroatoms. The van der Waals surface area contributed by atoms with Crippen molar-refractivity contribution in [1.29, 1.82) is 0 Å². The van der Waals surface area contributed by atoms with Crippen molar-refractivity contribution in [3.8, 4) is 0 Å². The lowest BCUT2D eigenvalue weighted by molar-refractivity contribution is 0.101. The van der Waals surface area contributed by atoms with Crippen LogP contribution in [0.25, 0.3) is 0 Å². The van der Waals surface area contributed by atoms with Crippen LogP contribution in [0.1, 0.15) is 31.2 Å². The van der Waals surface area contributed by atoms with Crippen LogP contribution in [-0.4, -0.2) is 11.8 Å². The molecule has 0 spiro atoms. The van der Waals surface area contributed by atoms with Crippen LogP contribution in [0.5, 0.6) is 0 Å². The summed E-state index contributed by atoms with van der Waals surface area (Å²) >= 11 is 7.51. The summed E-state index contributed by atoms with van der Waals surface area (Å²) in [6, 6.07) is 14.1. The fourth-order valence-electron chi connectivity index (χ4n) is 2.43. The molecule has 2 N–H and O–H groups in total. The third kappa shape index (κ3) is 3.95. The lowest BCUT2D eigenvalue weighted by atomic mass is 10.1. The van der Waals surface area contributed by atoms with Crippen LogP contribution < -0.4 is 10.6 Å². The largest absolute Gasteiger partial charge is 0.322 e. The van der Waals surface area contributed by atoms with Crippen molar-refractivity contribution in [2.24, 2.45) is 0 Å². The average molecular weight is 385 g/mol. The van der Waals surface area contributed by atoms with Crippen molar-refractivity contribution < 1.29 is 9.59 Å². The number of hydrogen-bond donors (Lipinski definition) is 2. The molecule has 3 rings (SSSR count). The number of carbonyl (C=O) groups excluding carboxylic acids is 2. The molecule has 0 saturated carbocycles. The molecule has 0 aliphatic carbocycles. The van der Waals surface area contributed by atoms with Gasteiger partial charge in [-0.3, -0.25) is 9.59 Å². The molecule has 0 atom stereocenters. The maximum absolute atomic E-state index is 12.6. The van der Waals surface area contributed by atoms with Gasteiger partial charge in [0.2, 0.25) is 0 Å². The Balaban J connectivity index is 1.81. The zero-order valence-electron chi connectivity index (χ0n) is 14.3. The van der Waals surface area contributed by atoms with Crippen LogP contribution in [0, 0.1) is 13.8 Å². The number of carbonyl (C=O) groups is 2. The maximum Gasteiger partial charge on any atom is 0.265 e. The molecule has 0 aliphatic rings. The van der Waals surface area contributed by atoms with E-state index in [-0.39, 0.29) is 11.8 Å². The minimum absolute atomic E-state index is 0.256. The normalized spacial score (nSPS) is 10.4. The molecule has 0 unspecified atom stereocenters. The summed E-state index contributed by atoms with van der Waals surface area (Å²) in [4.78, 5) is 25.4. The SMILES string of the molecule is Cc1cccc(NC(=O)c2ccc(Cl)c(NC(=O)c3cccs3)c2)c1C. The zero-order chi connectivity index (χ0) is 18.7. The monoisotopic (exact) mass is 384 g/mol. The second kappa shape index (κ2) is 7.72. The molecule has 1 aromatic heterocycles. The Hall–Kier alpha value is -2.63. The van der Waals surface area contributed by atoms with Gasteiger partial charge in [0.1, 0.15) is 0 Å². The highest BCUT2D eigenvalue weighted by Gasteiger charge is 2.14. The molecule has 0 radical (unpaired) electrons. The van der Waals surface area contributed by atoms with Crippen LogP contribution in [0.2, 0.25) is 5.02 Å². The molecule has 2 aromatic carbocycles. The van der Waals surface area contributed by atoms with E-state index in [1.165, 1.54) is 11.3 Å². The second-order valence-electron chi connectivity index (χ2n) is 5.83. The van der Waals surface area contributed by atoms with Crippen LogP contribution in [0.15, 0.2) is 53.9 Å². The Morgan fingerprint density at radius 1 is 0.923 bits per heavy atom. The summed E-state index contributed by atoms with van der Waals surface area (Å²) in [6.07, 6.45) is 0. The van der Waals surface area contributed by atoms with Crippen LogP contribution in [0.3, 0.4) is 0 Å². The fraction of sp³-hybridized carbons (Fsp3) is 0.100. The molecule has 132 valence electrons. The van der Waals surface area contributed by atoms with Gasteiger partial charge in [-0.05, 0) is 60.7 Å². The summed E-state index contributed by atoms with van der Waals surface area (Å²) in [5.41, 5.74) is 3.69. The van der Waals surface area contributed by atoms with E-state index in [1.54, 1.807) is 30.3 Å². The summed E-state index contributed by atoms with van der Waals surface area (Å²) in [5, 5.41) is 7.85. The summed E-state index contributed by atoms with van der Waals surface area (Å²) in [5.74, 6) is -0.518. The van der Waals surface area contributed by atoms with Gasteiger partial charge >= 0.3 is 0 Å². The Morgan fingerprint density at radius 3 is 2.42 bits per heavy atom. The smallest absolute Gasteiger partial charge is 0.265 e. The number of nitrogens with one attached hydrogen (secondary N) is 2. The number of anilines is 2. The highest BCUT2D eigenvalue weighted by molar-refractivity contribution is 7.12. The number of thiophene rings is 1. The highest BCUT2D eigenvalue weighted by atomic mass is 35.5. The Labute approximate surface area is 160 Å². The van der Waals surface area contributed by atoms with Crippen molar-refractivity contribution in [3.05, 3.63) is 80.5 Å². The molecule has 26 heavy (non-hydrogen) atoms. The molecule has 2 amide bonds. The number of rotatable bonds is 4. The van der Waals surface area contributed by atoms with Crippen molar-refractivity contribution >= 4 is 46.1 Å². The first-order valence-corrected chi connectivity index (χ1v) is 9.23. The van der Waals surface area contributed by atoms with Crippen molar-refractivity contribution in [1.82, 2.24) is 0 Å². The van der Waals surface area contributed by atoms with E-state index in [4.69, 9.17) is 11.6 Å². The van der Waals surface area contributed by atoms with Gasteiger partial charge in [0.05, 0.1) is 15.6 Å². The molecular formula is C20H17ClN2O2S. The van der Waals surface area contributed by atoms with E-state index in [0.717, 1.165) is 16.8 Å². The van der Waals surface area contributed by atoms with E-state index in [2.05, 4.69) is 10.6 Å². The first-order chi connectivity index (χ1) is 12.5. The third-order valence-electron chi connectivity index (χ3n) is 4.07. The van der Waals surface area contributed by atoms with Gasteiger partial charge in [-0.15, -0.1) is 11.3 Å². The van der Waals surface area contributed by atoms with Crippen LogP contribution >= 0.6 is 22.9 Å². The number of amides is 2. The molecule has 0 saturated heterocycles. The van der Waals surface area contributed by atoms with Gasteiger partial charge in [0.25, 0.3) is 11.8 Å². The zero-order valence-corrected chi connectivity index (χ0v) is 15.9. The summed E-state index contributed by atoms with van der Waals surface area (Å²) in [7, 11) is 0. The van der Waals surface area contributed by atoms with Crippen LogP contribution in [0.4, 0.5) is 11.4 Å². The second-order valence-corrected chi connectivity index (χ2v) is 7.18. The lowest BCUT2D eigenvalue weighted by Gasteiger charge is -2.12. The maximum atomic E-state index is 12.6. The van der Waals surface area contributed by atoms with E-state index in [1.807, 2.05) is 37.4 Å². The van der Waals surface area contributed by atoms with E-state index < -0.39 is 0 Å². The van der Waals surface area contributed by atoms with E-state index >= 15 is 0 Å². The molecule has 4 nitrogen and oxygen atoms in total. The first kappa shape index (κ1) is 18.2. The standard InChI is InChI=1S/C20H17ClN2O2S/c1-12-5-3-6-16(13(12)2)22-19(24)14-8-9-15(21)17(11-14)23-20(25)18-7-4-10-26-18/h3-11H,1-2H3,(H,22,24)(H,23,25). The lowest BCUT2D eigenvalue weighted by Crippen LogP contribution is -2.15. The predicted octanol–water partition coefficient (Wildman–Crippen LogP) is 5.52. The molecule has 0 bridgehead atoms. The van der Waals surface area contributed by atoms with Gasteiger partial charge < -0.3 is 10.6 Å². The van der Waals surface area contributed by atoms with Crippen LogP contribution in [-0.2, 0) is 0 Å². The summed E-state index contributed by atoms with van der Waals surface area (Å²) in [6.45, 7) is 3.95. The van der Waals surface area contributed by atoms with Gasteiger partial charge in [-0.1, -0.05) is 29.8 Å². The number of benzene rings is 2. The average Bonchev–Trinajstić information content (AvgIpc) is 3.15. The minimum atomic E-state index is -0.262. The fourth-order valence-corrected chi connectivity index (χ4v) is 3.22. The first-order valence-electron chi connectivity index (χ1n) is 7.97. The summed E-state index contributed by atoms with van der Waals surface area (Å²) < 4.78 is 0. The highest BCUT2D eigenvalue weighted by Crippen LogP contribution is 2.25. The number of hydrogen-bond acceptors (Lipinski definition) is 3. The van der Waals surface area contributed by atoms with Crippen molar-refractivity contribution in [3.63, 3.8) is 0 Å². The molecule has 3 aromatic rings. The quantitative estimate of drug-likeness (QED) is 0.621. The molecular weight excluding hydrogens is 368 g/mol. The molecule has 0 aliphatic heterocycles. The number of halogens is 1. The molecule has 1 heterocycles. The Kier molecular flexibility index (Phi) is 5.40. The van der Waals surface area contributed by atoms with Gasteiger partial charge in [0.15, 0.2) is 0 Å². The Bertz CT molecular complexity index is 968. The number of aryl methyl sites for hydroxylation is 1. The van der Waals surface area contributed by atoms with Crippen molar-refractivity contribution in [2.45, 2.75) is 13.8 Å². The van der Waals surface area contributed by atoms with Gasteiger partial charge in [-0.2, -0.15) is 0 Å². The van der Waals surface area contributed by atoms with E-state index in [9.17, 15) is 9.59 Å². The third-order valence-corrected chi connectivity index (χ3v) is 5.27. The van der Waals surface area contributed by atoms with Gasteiger partial charge in [0, 0.05) is 11.3 Å². The van der Waals surface area contributed by atoms with Crippen molar-refractivity contribution in [2.75, 3.05) is 10.6 Å². The topological polar surface area (TPSA) is 58.2 Å².